The Kier molecular flexibility index (Phi) is 4.85. The van der Waals surface area contributed by atoms with E-state index in [2.05, 4.69) is 10.3 Å². The Labute approximate surface area is 150 Å². The lowest BCUT2D eigenvalue weighted by atomic mass is 10.2. The molecule has 0 atom stereocenters. The summed E-state index contributed by atoms with van der Waals surface area (Å²) in [5, 5.41) is 2.71. The van der Waals surface area contributed by atoms with Crippen LogP contribution in [0.1, 0.15) is 21.6 Å². The maximum atomic E-state index is 13.0. The number of benzene rings is 1. The number of pyridine rings is 1. The monoisotopic (exact) mass is 373 g/mol. The second-order valence-electron chi connectivity index (χ2n) is 5.68. The second kappa shape index (κ2) is 7.09. The molecular formula is C18H16FN3O3S. The Balaban J connectivity index is 1.73. The standard InChI is InChI=1S/C18H16FN3O3S/c1-13-2-3-14(10-20-13)11-21-18(23)15-8-9-22(12-15)26(24,25)17-6-4-16(19)5-7-17/h2-10,12H,11H2,1H3,(H,21,23). The normalized spacial score (nSPS) is 11.3. The van der Waals surface area contributed by atoms with Gasteiger partial charge < -0.3 is 5.32 Å². The summed E-state index contributed by atoms with van der Waals surface area (Å²) in [5.41, 5.74) is 1.92. The van der Waals surface area contributed by atoms with Crippen molar-refractivity contribution in [3.63, 3.8) is 0 Å². The topological polar surface area (TPSA) is 81.1 Å². The van der Waals surface area contributed by atoms with Crippen LogP contribution < -0.4 is 5.32 Å². The van der Waals surface area contributed by atoms with Crippen molar-refractivity contribution in [1.29, 1.82) is 0 Å². The number of carbonyl (C=O) groups excluding carboxylic acids is 1. The summed E-state index contributed by atoms with van der Waals surface area (Å²) < 4.78 is 38.9. The molecule has 0 saturated heterocycles. The zero-order valence-corrected chi connectivity index (χ0v) is 14.7. The zero-order valence-electron chi connectivity index (χ0n) is 13.9. The molecule has 2 heterocycles. The third-order valence-electron chi connectivity index (χ3n) is 3.74. The fourth-order valence-corrected chi connectivity index (χ4v) is 3.47. The van der Waals surface area contributed by atoms with E-state index in [0.29, 0.717) is 0 Å². The van der Waals surface area contributed by atoms with Gasteiger partial charge in [-0.05, 0) is 48.9 Å². The van der Waals surface area contributed by atoms with E-state index in [-0.39, 0.29) is 17.0 Å². The van der Waals surface area contributed by atoms with Gasteiger partial charge in [-0.1, -0.05) is 6.07 Å². The van der Waals surface area contributed by atoms with Gasteiger partial charge in [-0.15, -0.1) is 0 Å². The van der Waals surface area contributed by atoms with E-state index in [0.717, 1.165) is 27.4 Å². The van der Waals surface area contributed by atoms with Crippen LogP contribution in [0.3, 0.4) is 0 Å². The minimum absolute atomic E-state index is 0.0628. The molecule has 0 saturated carbocycles. The average Bonchev–Trinajstić information content (AvgIpc) is 3.12. The molecule has 1 amide bonds. The van der Waals surface area contributed by atoms with Gasteiger partial charge in [0.25, 0.3) is 15.9 Å². The molecular weight excluding hydrogens is 357 g/mol. The van der Waals surface area contributed by atoms with Crippen LogP contribution in [-0.4, -0.2) is 23.3 Å². The molecule has 0 aliphatic rings. The van der Waals surface area contributed by atoms with Gasteiger partial charge in [0.15, 0.2) is 0 Å². The summed E-state index contributed by atoms with van der Waals surface area (Å²) in [4.78, 5) is 16.3. The van der Waals surface area contributed by atoms with E-state index in [1.165, 1.54) is 30.6 Å². The summed E-state index contributed by atoms with van der Waals surface area (Å²) in [7, 11) is -3.88. The predicted molar refractivity (Wildman–Crippen MR) is 93.6 cm³/mol. The molecule has 3 aromatic rings. The minimum Gasteiger partial charge on any atom is -0.348 e. The zero-order chi connectivity index (χ0) is 18.7. The summed E-state index contributed by atoms with van der Waals surface area (Å²) in [6.07, 6.45) is 4.17. The van der Waals surface area contributed by atoms with Crippen molar-refractivity contribution in [3.8, 4) is 0 Å². The molecule has 0 fully saturated rings. The van der Waals surface area contributed by atoms with Crippen molar-refractivity contribution >= 4 is 15.9 Å². The summed E-state index contributed by atoms with van der Waals surface area (Å²) in [6, 6.07) is 9.59. The SMILES string of the molecule is Cc1ccc(CNC(=O)c2ccn(S(=O)(=O)c3ccc(F)cc3)c2)cn1. The van der Waals surface area contributed by atoms with Crippen molar-refractivity contribution in [2.45, 2.75) is 18.4 Å². The van der Waals surface area contributed by atoms with Crippen molar-refractivity contribution < 1.29 is 17.6 Å². The molecule has 8 heteroatoms. The fourth-order valence-electron chi connectivity index (χ4n) is 2.28. The first-order valence-corrected chi connectivity index (χ1v) is 9.19. The maximum absolute atomic E-state index is 13.0. The quantitative estimate of drug-likeness (QED) is 0.745. The number of nitrogens with zero attached hydrogens (tertiary/aromatic N) is 2. The van der Waals surface area contributed by atoms with Gasteiger partial charge in [0, 0.05) is 30.8 Å². The highest BCUT2D eigenvalue weighted by atomic mass is 32.2. The molecule has 0 radical (unpaired) electrons. The van der Waals surface area contributed by atoms with Gasteiger partial charge >= 0.3 is 0 Å². The molecule has 3 rings (SSSR count). The smallest absolute Gasteiger partial charge is 0.267 e. The number of aromatic nitrogens is 2. The molecule has 0 aliphatic carbocycles. The van der Waals surface area contributed by atoms with Gasteiger partial charge in [0.2, 0.25) is 0 Å². The van der Waals surface area contributed by atoms with Crippen molar-refractivity contribution in [2.75, 3.05) is 0 Å². The van der Waals surface area contributed by atoms with E-state index >= 15 is 0 Å². The number of hydrogen-bond acceptors (Lipinski definition) is 4. The van der Waals surface area contributed by atoms with Crippen molar-refractivity contribution in [1.82, 2.24) is 14.3 Å². The van der Waals surface area contributed by atoms with Gasteiger partial charge in [-0.25, -0.2) is 16.8 Å². The minimum atomic E-state index is -3.88. The van der Waals surface area contributed by atoms with Gasteiger partial charge in [0.05, 0.1) is 10.5 Å². The third-order valence-corrected chi connectivity index (χ3v) is 5.39. The molecule has 0 aliphatic heterocycles. The molecule has 2 aromatic heterocycles. The van der Waals surface area contributed by atoms with Crippen LogP contribution in [-0.2, 0) is 16.6 Å². The molecule has 26 heavy (non-hydrogen) atoms. The fraction of sp³-hybridized carbons (Fsp3) is 0.111. The average molecular weight is 373 g/mol. The molecule has 134 valence electrons. The van der Waals surface area contributed by atoms with Crippen molar-refractivity contribution in [3.05, 3.63) is 83.7 Å². The largest absolute Gasteiger partial charge is 0.348 e. The summed E-state index contributed by atoms with van der Waals surface area (Å²) in [5.74, 6) is -0.930. The molecule has 0 unspecified atom stereocenters. The molecule has 1 aromatic carbocycles. The number of halogens is 1. The Morgan fingerprint density at radius 3 is 2.54 bits per heavy atom. The first-order chi connectivity index (χ1) is 12.4. The van der Waals surface area contributed by atoms with Crippen LogP contribution >= 0.6 is 0 Å². The van der Waals surface area contributed by atoms with Crippen LogP contribution in [0.25, 0.3) is 0 Å². The Morgan fingerprint density at radius 1 is 1.15 bits per heavy atom. The lowest BCUT2D eigenvalue weighted by Crippen LogP contribution is -2.22. The lowest BCUT2D eigenvalue weighted by Gasteiger charge is -2.06. The summed E-state index contributed by atoms with van der Waals surface area (Å²) in [6.45, 7) is 2.15. The predicted octanol–water partition coefficient (Wildman–Crippen LogP) is 2.50. The van der Waals surface area contributed by atoms with Gasteiger partial charge in [-0.2, -0.15) is 0 Å². The number of nitrogens with one attached hydrogen (secondary N) is 1. The number of amides is 1. The van der Waals surface area contributed by atoms with E-state index in [9.17, 15) is 17.6 Å². The highest BCUT2D eigenvalue weighted by Gasteiger charge is 2.18. The van der Waals surface area contributed by atoms with E-state index in [1.54, 1.807) is 6.20 Å². The molecule has 0 spiro atoms. The highest BCUT2D eigenvalue weighted by molar-refractivity contribution is 7.90. The van der Waals surface area contributed by atoms with Crippen LogP contribution in [0.4, 0.5) is 4.39 Å². The van der Waals surface area contributed by atoms with Crippen molar-refractivity contribution in [2.24, 2.45) is 0 Å². The number of aryl methyl sites for hydroxylation is 1. The Bertz CT molecular complexity index is 1030. The van der Waals surface area contributed by atoms with E-state index in [4.69, 9.17) is 0 Å². The van der Waals surface area contributed by atoms with Crippen LogP contribution in [0.5, 0.6) is 0 Å². The first-order valence-electron chi connectivity index (χ1n) is 7.75. The van der Waals surface area contributed by atoms with E-state index in [1.807, 2.05) is 19.1 Å². The lowest BCUT2D eigenvalue weighted by molar-refractivity contribution is 0.0951. The van der Waals surface area contributed by atoms with Crippen LogP contribution in [0.15, 0.2) is 66.0 Å². The number of rotatable bonds is 5. The molecule has 0 bridgehead atoms. The van der Waals surface area contributed by atoms with Crippen LogP contribution in [0.2, 0.25) is 0 Å². The third kappa shape index (κ3) is 3.80. The van der Waals surface area contributed by atoms with Gasteiger partial charge in [-0.3, -0.25) is 9.78 Å². The Hall–Kier alpha value is -3.00. The van der Waals surface area contributed by atoms with E-state index < -0.39 is 21.7 Å². The van der Waals surface area contributed by atoms with Gasteiger partial charge in [0.1, 0.15) is 5.82 Å². The molecule has 1 N–H and O–H groups in total. The number of hydrogen-bond donors (Lipinski definition) is 1. The highest BCUT2D eigenvalue weighted by Crippen LogP contribution is 2.16. The maximum Gasteiger partial charge on any atom is 0.267 e. The number of carbonyl (C=O) groups is 1. The molecule has 6 nitrogen and oxygen atoms in total. The summed E-state index contributed by atoms with van der Waals surface area (Å²) >= 11 is 0. The van der Waals surface area contributed by atoms with Crippen LogP contribution in [0, 0.1) is 12.7 Å². The Morgan fingerprint density at radius 2 is 1.88 bits per heavy atom. The second-order valence-corrected chi connectivity index (χ2v) is 7.52. The first kappa shape index (κ1) is 17.8.